The highest BCUT2D eigenvalue weighted by atomic mass is 19.1. The Morgan fingerprint density at radius 2 is 1.73 bits per heavy atom. The van der Waals surface area contributed by atoms with Crippen LogP contribution in [0.15, 0.2) is 48.5 Å². The quantitative estimate of drug-likeness (QED) is 0.712. The predicted octanol–water partition coefficient (Wildman–Crippen LogP) is 4.66. The summed E-state index contributed by atoms with van der Waals surface area (Å²) in [5.41, 5.74) is 1.78. The first-order chi connectivity index (χ1) is 14.5. The molecule has 0 aromatic heterocycles. The molecule has 0 saturated heterocycles. The van der Waals surface area contributed by atoms with E-state index in [1.165, 1.54) is 31.7 Å². The number of nitrogens with one attached hydrogen (secondary N) is 2. The van der Waals surface area contributed by atoms with Gasteiger partial charge in [0.2, 0.25) is 0 Å². The second-order valence-electron chi connectivity index (χ2n) is 8.87. The average molecular weight is 405 g/mol. The van der Waals surface area contributed by atoms with Gasteiger partial charge in [-0.2, -0.15) is 0 Å². The molecule has 2 fully saturated rings. The summed E-state index contributed by atoms with van der Waals surface area (Å²) in [7, 11) is 0. The predicted molar refractivity (Wildman–Crippen MR) is 118 cm³/mol. The van der Waals surface area contributed by atoms with E-state index in [1.54, 1.807) is 30.3 Å². The van der Waals surface area contributed by atoms with E-state index in [0.717, 1.165) is 24.3 Å². The monoisotopic (exact) mass is 404 g/mol. The fourth-order valence-electron chi connectivity index (χ4n) is 4.11. The number of rotatable bonds is 5. The first-order valence-electron chi connectivity index (χ1n) is 11.0. The van der Waals surface area contributed by atoms with Gasteiger partial charge in [-0.25, -0.2) is 4.39 Å². The zero-order valence-electron chi connectivity index (χ0n) is 17.5. The van der Waals surface area contributed by atoms with E-state index >= 15 is 0 Å². The molecule has 4 heteroatoms. The van der Waals surface area contributed by atoms with Crippen LogP contribution in [0.5, 0.6) is 0 Å². The summed E-state index contributed by atoms with van der Waals surface area (Å²) in [5, 5.41) is 6.97. The van der Waals surface area contributed by atoms with E-state index in [9.17, 15) is 9.18 Å². The SMILES string of the molecule is CC1CCC(CNC(=O)c2ccc(C#Cc3ccccc3F)cc2)(NC2CC2)CC1. The zero-order valence-corrected chi connectivity index (χ0v) is 17.5. The van der Waals surface area contributed by atoms with E-state index in [2.05, 4.69) is 29.4 Å². The Hall–Kier alpha value is -2.64. The fraction of sp³-hybridized carbons (Fsp3) is 0.423. The van der Waals surface area contributed by atoms with Gasteiger partial charge in [-0.1, -0.05) is 30.9 Å². The maximum Gasteiger partial charge on any atom is 0.251 e. The van der Waals surface area contributed by atoms with Crippen molar-refractivity contribution in [3.63, 3.8) is 0 Å². The highest BCUT2D eigenvalue weighted by molar-refractivity contribution is 5.94. The lowest BCUT2D eigenvalue weighted by molar-refractivity contribution is 0.0922. The van der Waals surface area contributed by atoms with Crippen molar-refractivity contribution in [3.05, 3.63) is 71.0 Å². The van der Waals surface area contributed by atoms with Crippen molar-refractivity contribution in [3.8, 4) is 11.8 Å². The second kappa shape index (κ2) is 9.02. The minimum Gasteiger partial charge on any atom is -0.350 e. The van der Waals surface area contributed by atoms with Crippen LogP contribution in [-0.2, 0) is 0 Å². The Morgan fingerprint density at radius 3 is 2.40 bits per heavy atom. The molecule has 0 aliphatic heterocycles. The number of hydrogen-bond donors (Lipinski definition) is 2. The average Bonchev–Trinajstić information content (AvgIpc) is 3.58. The van der Waals surface area contributed by atoms with Crippen LogP contribution in [0.2, 0.25) is 0 Å². The molecular formula is C26H29FN2O. The lowest BCUT2D eigenvalue weighted by Crippen LogP contribution is -2.56. The van der Waals surface area contributed by atoms with Gasteiger partial charge in [-0.3, -0.25) is 4.79 Å². The van der Waals surface area contributed by atoms with Gasteiger partial charge < -0.3 is 10.6 Å². The summed E-state index contributed by atoms with van der Waals surface area (Å²) in [6.07, 6.45) is 7.17. The molecule has 3 nitrogen and oxygen atoms in total. The Balaban J connectivity index is 1.37. The Labute approximate surface area is 178 Å². The van der Waals surface area contributed by atoms with E-state index in [1.807, 2.05) is 12.1 Å². The topological polar surface area (TPSA) is 41.1 Å². The van der Waals surface area contributed by atoms with Gasteiger partial charge >= 0.3 is 0 Å². The highest BCUT2D eigenvalue weighted by Gasteiger charge is 2.38. The third-order valence-electron chi connectivity index (χ3n) is 6.27. The molecular weight excluding hydrogens is 375 g/mol. The van der Waals surface area contributed by atoms with E-state index in [0.29, 0.717) is 23.7 Å². The maximum atomic E-state index is 13.7. The molecule has 0 spiro atoms. The van der Waals surface area contributed by atoms with Gasteiger partial charge in [0.15, 0.2) is 0 Å². The minimum absolute atomic E-state index is 0.0362. The molecule has 2 aliphatic rings. The Kier molecular flexibility index (Phi) is 6.20. The van der Waals surface area contributed by atoms with Crippen molar-refractivity contribution in [1.82, 2.24) is 10.6 Å². The third-order valence-corrected chi connectivity index (χ3v) is 6.27. The van der Waals surface area contributed by atoms with Crippen molar-refractivity contribution in [2.75, 3.05) is 6.54 Å². The van der Waals surface area contributed by atoms with Crippen LogP contribution >= 0.6 is 0 Å². The van der Waals surface area contributed by atoms with Gasteiger partial charge in [0.1, 0.15) is 5.82 Å². The Bertz CT molecular complexity index is 945. The molecule has 2 aromatic carbocycles. The number of halogens is 1. The fourth-order valence-corrected chi connectivity index (χ4v) is 4.11. The number of amides is 1. The summed E-state index contributed by atoms with van der Waals surface area (Å²) in [4.78, 5) is 12.7. The van der Waals surface area contributed by atoms with Crippen LogP contribution < -0.4 is 10.6 Å². The zero-order chi connectivity index (χ0) is 21.0. The van der Waals surface area contributed by atoms with E-state index in [4.69, 9.17) is 0 Å². The Morgan fingerprint density at radius 1 is 1.03 bits per heavy atom. The number of carbonyl (C=O) groups excluding carboxylic acids is 1. The molecule has 1 amide bonds. The van der Waals surface area contributed by atoms with Gasteiger partial charge in [-0.15, -0.1) is 0 Å². The second-order valence-corrected chi connectivity index (χ2v) is 8.87. The molecule has 2 saturated carbocycles. The summed E-state index contributed by atoms with van der Waals surface area (Å²) < 4.78 is 13.7. The summed E-state index contributed by atoms with van der Waals surface area (Å²) in [5.74, 6) is 6.19. The lowest BCUT2D eigenvalue weighted by Gasteiger charge is -2.40. The third kappa shape index (κ3) is 5.29. The molecule has 2 aliphatic carbocycles. The van der Waals surface area contributed by atoms with Crippen LogP contribution in [0.25, 0.3) is 0 Å². The number of benzene rings is 2. The van der Waals surface area contributed by atoms with Crippen molar-refractivity contribution in [1.29, 1.82) is 0 Å². The molecule has 4 rings (SSSR count). The molecule has 156 valence electrons. The van der Waals surface area contributed by atoms with Crippen LogP contribution in [0.3, 0.4) is 0 Å². The molecule has 30 heavy (non-hydrogen) atoms. The maximum absolute atomic E-state index is 13.7. The summed E-state index contributed by atoms with van der Waals surface area (Å²) in [6, 6.07) is 14.3. The van der Waals surface area contributed by atoms with Crippen LogP contribution in [0, 0.1) is 23.6 Å². The van der Waals surface area contributed by atoms with Crippen molar-refractivity contribution in [2.24, 2.45) is 5.92 Å². The molecule has 0 bridgehead atoms. The first kappa shape index (κ1) is 20.6. The number of hydrogen-bond acceptors (Lipinski definition) is 2. The lowest BCUT2D eigenvalue weighted by atomic mass is 9.77. The van der Waals surface area contributed by atoms with E-state index < -0.39 is 0 Å². The largest absolute Gasteiger partial charge is 0.350 e. The van der Waals surface area contributed by atoms with Gasteiger partial charge in [0, 0.05) is 29.3 Å². The number of carbonyl (C=O) groups is 1. The summed E-state index contributed by atoms with van der Waals surface area (Å²) >= 11 is 0. The van der Waals surface area contributed by atoms with E-state index in [-0.39, 0.29) is 17.3 Å². The first-order valence-corrected chi connectivity index (χ1v) is 11.0. The van der Waals surface area contributed by atoms with Crippen LogP contribution in [0.1, 0.15) is 66.9 Å². The smallest absolute Gasteiger partial charge is 0.251 e. The standard InChI is InChI=1S/C26H29FN2O/c1-19-14-16-26(17-15-19,29-23-12-13-23)18-28-25(30)22-10-7-20(8-11-22)6-9-21-4-2-3-5-24(21)27/h2-5,7-8,10-11,19,23,29H,12-18H2,1H3,(H,28,30). The van der Waals surface area contributed by atoms with Gasteiger partial charge in [0.25, 0.3) is 5.91 Å². The molecule has 0 radical (unpaired) electrons. The molecule has 0 heterocycles. The van der Waals surface area contributed by atoms with Crippen molar-refractivity contribution >= 4 is 5.91 Å². The highest BCUT2D eigenvalue weighted by Crippen LogP contribution is 2.34. The van der Waals surface area contributed by atoms with Crippen molar-refractivity contribution in [2.45, 2.75) is 57.0 Å². The molecule has 2 N–H and O–H groups in total. The molecule has 0 atom stereocenters. The molecule has 2 aromatic rings. The van der Waals surface area contributed by atoms with Crippen molar-refractivity contribution < 1.29 is 9.18 Å². The normalized spacial score (nSPS) is 23.3. The van der Waals surface area contributed by atoms with Gasteiger partial charge in [-0.05, 0) is 80.8 Å². The van der Waals surface area contributed by atoms with Crippen LogP contribution in [-0.4, -0.2) is 24.0 Å². The minimum atomic E-state index is -0.327. The molecule has 0 unspecified atom stereocenters. The van der Waals surface area contributed by atoms with Crippen LogP contribution in [0.4, 0.5) is 4.39 Å². The summed E-state index contributed by atoms with van der Waals surface area (Å²) in [6.45, 7) is 2.99. The van der Waals surface area contributed by atoms with Gasteiger partial charge in [0.05, 0.1) is 5.56 Å².